The summed E-state index contributed by atoms with van der Waals surface area (Å²) in [4.78, 5) is 0. The van der Waals surface area contributed by atoms with Gasteiger partial charge in [-0.25, -0.2) is 0 Å². The second-order valence-electron chi connectivity index (χ2n) is 4.50. The van der Waals surface area contributed by atoms with E-state index in [1.54, 1.807) is 0 Å². The van der Waals surface area contributed by atoms with Gasteiger partial charge >= 0.3 is 0 Å². The lowest BCUT2D eigenvalue weighted by Gasteiger charge is -2.09. The maximum absolute atomic E-state index is 2.45. The minimum Gasteiger partial charge on any atom is -0.157 e. The van der Waals surface area contributed by atoms with Crippen molar-refractivity contribution in [2.75, 3.05) is 10.2 Å². The predicted octanol–water partition coefficient (Wildman–Crippen LogP) is 5.65. The van der Waals surface area contributed by atoms with Gasteiger partial charge in [0.1, 0.15) is 0 Å². The summed E-state index contributed by atoms with van der Waals surface area (Å²) >= 11 is 4.52. The predicted molar refractivity (Wildman–Crippen MR) is 89.4 cm³/mol. The highest BCUT2D eigenvalue weighted by Crippen LogP contribution is 2.21. The van der Waals surface area contributed by atoms with Crippen molar-refractivity contribution >= 4 is 34.4 Å². The van der Waals surface area contributed by atoms with Crippen molar-refractivity contribution in [3.63, 3.8) is 0 Å². The van der Waals surface area contributed by atoms with Crippen LogP contribution in [0.15, 0.2) is 24.3 Å². The molecule has 1 aromatic carbocycles. The molecule has 0 amide bonds. The molecule has 1 atom stereocenters. The Kier molecular flexibility index (Phi) is 8.36. The van der Waals surface area contributed by atoms with Crippen LogP contribution in [0.5, 0.6) is 0 Å². The normalized spacial score (nSPS) is 12.6. The van der Waals surface area contributed by atoms with Crippen LogP contribution in [-0.4, -0.2) is 10.2 Å². The molecule has 1 rings (SSSR count). The van der Waals surface area contributed by atoms with Gasteiger partial charge in [0.15, 0.2) is 0 Å². The molecule has 0 saturated heterocycles. The van der Waals surface area contributed by atoms with Crippen molar-refractivity contribution < 1.29 is 0 Å². The van der Waals surface area contributed by atoms with Crippen LogP contribution in [0.2, 0.25) is 0 Å². The number of hydrogen-bond donors (Lipinski definition) is 0. The van der Waals surface area contributed by atoms with E-state index in [4.69, 9.17) is 0 Å². The molecule has 0 aromatic heterocycles. The maximum atomic E-state index is 2.45. The average Bonchev–Trinajstić information content (AvgIpc) is 2.38. The number of hydrogen-bond acceptors (Lipinski definition) is 1. The molecule has 96 valence electrons. The number of unbranched alkanes of at least 4 members (excludes halogenated alkanes) is 1. The van der Waals surface area contributed by atoms with E-state index < -0.39 is 0 Å². The third kappa shape index (κ3) is 6.14. The largest absolute Gasteiger partial charge is 0.157 e. The van der Waals surface area contributed by atoms with Gasteiger partial charge in [0.2, 0.25) is 0 Å². The molecule has 17 heavy (non-hydrogen) atoms. The molecule has 0 aliphatic heterocycles. The fourth-order valence-corrected chi connectivity index (χ4v) is 3.19. The van der Waals surface area contributed by atoms with Crippen LogP contribution >= 0.6 is 34.4 Å². The molecule has 2 heteroatoms. The molecular weight excluding hydrogens is 339 g/mol. The number of rotatable bonds is 8. The van der Waals surface area contributed by atoms with Crippen LogP contribution in [-0.2, 0) is 5.75 Å². The van der Waals surface area contributed by atoms with E-state index in [0.29, 0.717) is 5.92 Å². The van der Waals surface area contributed by atoms with Crippen LogP contribution in [0.4, 0.5) is 0 Å². The highest BCUT2D eigenvalue weighted by atomic mass is 127. The van der Waals surface area contributed by atoms with Crippen LogP contribution < -0.4 is 0 Å². The summed E-state index contributed by atoms with van der Waals surface area (Å²) in [6.45, 7) is 4.55. The second kappa shape index (κ2) is 9.26. The molecule has 0 saturated carbocycles. The summed E-state index contributed by atoms with van der Waals surface area (Å²) in [7, 11) is 0. The van der Waals surface area contributed by atoms with E-state index >= 15 is 0 Å². The summed E-state index contributed by atoms with van der Waals surface area (Å²) in [5, 5.41) is 0. The molecule has 0 heterocycles. The van der Waals surface area contributed by atoms with Crippen molar-refractivity contribution in [3.05, 3.63) is 35.4 Å². The molecule has 0 nitrogen and oxygen atoms in total. The van der Waals surface area contributed by atoms with Crippen molar-refractivity contribution in [2.45, 2.75) is 44.8 Å². The first kappa shape index (κ1) is 15.4. The smallest absolute Gasteiger partial charge is 0.0184 e. The molecule has 0 fully saturated rings. The fourth-order valence-electron chi connectivity index (χ4n) is 1.67. The SMILES string of the molecule is CCC(C)c1ccc(CSCCCCI)cc1. The van der Waals surface area contributed by atoms with E-state index in [1.807, 2.05) is 0 Å². The van der Waals surface area contributed by atoms with E-state index in [0.717, 1.165) is 0 Å². The lowest BCUT2D eigenvalue weighted by molar-refractivity contribution is 0.733. The first-order valence-corrected chi connectivity index (χ1v) is 9.18. The monoisotopic (exact) mass is 362 g/mol. The van der Waals surface area contributed by atoms with Gasteiger partial charge < -0.3 is 0 Å². The summed E-state index contributed by atoms with van der Waals surface area (Å²) in [5.41, 5.74) is 2.95. The summed E-state index contributed by atoms with van der Waals surface area (Å²) in [6, 6.07) is 9.20. The zero-order chi connectivity index (χ0) is 12.5. The van der Waals surface area contributed by atoms with E-state index in [1.165, 1.54) is 46.3 Å². The molecular formula is C15H23IS. The molecule has 1 unspecified atom stereocenters. The Bertz CT molecular complexity index is 294. The van der Waals surface area contributed by atoms with Gasteiger partial charge in [0.05, 0.1) is 0 Å². The molecule has 0 spiro atoms. The third-order valence-corrected chi connectivity index (χ3v) is 4.98. The summed E-state index contributed by atoms with van der Waals surface area (Å²) in [5.74, 6) is 3.17. The Morgan fingerprint density at radius 3 is 2.47 bits per heavy atom. The van der Waals surface area contributed by atoms with Gasteiger partial charge in [-0.15, -0.1) is 0 Å². The fraction of sp³-hybridized carbons (Fsp3) is 0.600. The maximum Gasteiger partial charge on any atom is 0.0184 e. The topological polar surface area (TPSA) is 0 Å². The minimum absolute atomic E-state index is 0.695. The van der Waals surface area contributed by atoms with Gasteiger partial charge in [-0.2, -0.15) is 11.8 Å². The Balaban J connectivity index is 2.30. The van der Waals surface area contributed by atoms with Gasteiger partial charge in [-0.05, 0) is 46.5 Å². The first-order chi connectivity index (χ1) is 8.27. The van der Waals surface area contributed by atoms with Crippen molar-refractivity contribution in [1.29, 1.82) is 0 Å². The Hall–Kier alpha value is 0.300. The number of halogens is 1. The molecule has 0 aliphatic rings. The van der Waals surface area contributed by atoms with E-state index in [-0.39, 0.29) is 0 Å². The standard InChI is InChI=1S/C15H23IS/c1-3-13(2)15-8-6-14(7-9-15)12-17-11-5-4-10-16/h6-9,13H,3-5,10-12H2,1-2H3. The average molecular weight is 362 g/mol. The van der Waals surface area contributed by atoms with Crippen LogP contribution in [0.1, 0.15) is 50.2 Å². The summed E-state index contributed by atoms with van der Waals surface area (Å²) < 4.78 is 1.29. The number of benzene rings is 1. The second-order valence-corrected chi connectivity index (χ2v) is 6.68. The number of thioether (sulfide) groups is 1. The van der Waals surface area contributed by atoms with Gasteiger partial charge in [-0.3, -0.25) is 0 Å². The molecule has 0 aliphatic carbocycles. The quantitative estimate of drug-likeness (QED) is 0.327. The highest BCUT2D eigenvalue weighted by molar-refractivity contribution is 14.1. The van der Waals surface area contributed by atoms with Crippen molar-refractivity contribution in [3.8, 4) is 0 Å². The molecule has 0 radical (unpaired) electrons. The lowest BCUT2D eigenvalue weighted by atomic mass is 9.98. The third-order valence-electron chi connectivity index (χ3n) is 3.10. The highest BCUT2D eigenvalue weighted by Gasteiger charge is 2.02. The number of alkyl halides is 1. The lowest BCUT2D eigenvalue weighted by Crippen LogP contribution is -1.91. The van der Waals surface area contributed by atoms with Crippen LogP contribution in [0, 0.1) is 0 Å². The molecule has 1 aromatic rings. The van der Waals surface area contributed by atoms with E-state index in [2.05, 4.69) is 72.5 Å². The zero-order valence-electron chi connectivity index (χ0n) is 10.9. The Labute approximate surface area is 124 Å². The Morgan fingerprint density at radius 1 is 1.18 bits per heavy atom. The van der Waals surface area contributed by atoms with Crippen LogP contribution in [0.3, 0.4) is 0 Å². The first-order valence-electron chi connectivity index (χ1n) is 6.50. The van der Waals surface area contributed by atoms with Gasteiger partial charge in [0.25, 0.3) is 0 Å². The summed E-state index contributed by atoms with van der Waals surface area (Å²) in [6.07, 6.45) is 3.95. The minimum atomic E-state index is 0.695. The van der Waals surface area contributed by atoms with Gasteiger partial charge in [-0.1, -0.05) is 60.7 Å². The zero-order valence-corrected chi connectivity index (χ0v) is 13.9. The van der Waals surface area contributed by atoms with E-state index in [9.17, 15) is 0 Å². The van der Waals surface area contributed by atoms with Crippen molar-refractivity contribution in [1.82, 2.24) is 0 Å². The van der Waals surface area contributed by atoms with Gasteiger partial charge in [0, 0.05) is 5.75 Å². The van der Waals surface area contributed by atoms with Crippen molar-refractivity contribution in [2.24, 2.45) is 0 Å². The molecule has 0 bridgehead atoms. The Morgan fingerprint density at radius 2 is 1.88 bits per heavy atom. The van der Waals surface area contributed by atoms with Crippen LogP contribution in [0.25, 0.3) is 0 Å². The molecule has 0 N–H and O–H groups in total.